The molecule has 0 aromatic carbocycles. The van der Waals surface area contributed by atoms with Crippen molar-refractivity contribution in [3.63, 3.8) is 0 Å². The first-order chi connectivity index (χ1) is 6.59. The molecule has 1 aliphatic carbocycles. The number of nitrogens with one attached hydrogen (secondary N) is 1. The Bertz CT molecular complexity index is 397. The van der Waals surface area contributed by atoms with Crippen molar-refractivity contribution in [1.82, 2.24) is 10.2 Å². The quantitative estimate of drug-likeness (QED) is 0.848. The maximum atomic E-state index is 11.0. The molecule has 1 heterocycles. The number of nitrogens with two attached hydrogens (primary N) is 1. The zero-order chi connectivity index (χ0) is 10.2. The Kier molecular flexibility index (Phi) is 2.45. The summed E-state index contributed by atoms with van der Waals surface area (Å²) in [6.07, 6.45) is 3.99. The van der Waals surface area contributed by atoms with Gasteiger partial charge in [-0.1, -0.05) is 0 Å². The van der Waals surface area contributed by atoms with E-state index in [0.29, 0.717) is 4.47 Å². The van der Waals surface area contributed by atoms with Crippen molar-refractivity contribution in [2.24, 2.45) is 5.73 Å². The second-order valence-electron chi connectivity index (χ2n) is 3.90. The minimum absolute atomic E-state index is 0.0459. The summed E-state index contributed by atoms with van der Waals surface area (Å²) in [5, 5.41) is 6.38. The van der Waals surface area contributed by atoms with Crippen LogP contribution in [0.3, 0.4) is 0 Å². The van der Waals surface area contributed by atoms with Crippen LogP contribution in [-0.2, 0) is 6.42 Å². The number of aryl methyl sites for hydroxylation is 1. The molecule has 1 fully saturated rings. The van der Waals surface area contributed by atoms with Gasteiger partial charge in [0.05, 0.1) is 10.2 Å². The normalized spacial score (nSPS) is 18.1. The Morgan fingerprint density at radius 3 is 2.93 bits per heavy atom. The van der Waals surface area contributed by atoms with Crippen LogP contribution in [0.15, 0.2) is 15.3 Å². The van der Waals surface area contributed by atoms with Gasteiger partial charge in [0.2, 0.25) is 0 Å². The molecule has 76 valence electrons. The van der Waals surface area contributed by atoms with Crippen molar-refractivity contribution in [3.05, 3.63) is 26.6 Å². The molecule has 0 saturated heterocycles. The zero-order valence-corrected chi connectivity index (χ0v) is 9.30. The van der Waals surface area contributed by atoms with Crippen LogP contribution in [0.25, 0.3) is 0 Å². The fraction of sp³-hybridized carbons (Fsp3) is 0.556. The number of rotatable bonds is 3. The average Bonchev–Trinajstić information content (AvgIpc) is 2.87. The highest BCUT2D eigenvalue weighted by atomic mass is 79.9. The third kappa shape index (κ3) is 2.22. The first kappa shape index (κ1) is 9.86. The summed E-state index contributed by atoms with van der Waals surface area (Å²) in [4.78, 5) is 11.0. The smallest absolute Gasteiger partial charge is 0.278 e. The molecule has 1 aromatic rings. The predicted octanol–water partition coefficient (Wildman–Crippen LogP) is 0.956. The van der Waals surface area contributed by atoms with E-state index in [1.165, 1.54) is 0 Å². The van der Waals surface area contributed by atoms with Gasteiger partial charge in [0.1, 0.15) is 0 Å². The van der Waals surface area contributed by atoms with Gasteiger partial charge in [-0.15, -0.1) is 0 Å². The van der Waals surface area contributed by atoms with Gasteiger partial charge in [-0.25, -0.2) is 5.10 Å². The Morgan fingerprint density at radius 2 is 2.36 bits per heavy atom. The van der Waals surface area contributed by atoms with Crippen LogP contribution in [0.1, 0.15) is 25.0 Å². The molecule has 2 rings (SSSR count). The maximum Gasteiger partial charge on any atom is 0.278 e. The number of nitrogens with zero attached hydrogens (tertiary/aromatic N) is 1. The summed E-state index contributed by atoms with van der Waals surface area (Å²) in [6.45, 7) is 0. The molecule has 0 atom stereocenters. The van der Waals surface area contributed by atoms with Gasteiger partial charge in [-0.05, 0) is 47.7 Å². The molecule has 3 N–H and O–H groups in total. The van der Waals surface area contributed by atoms with Gasteiger partial charge in [-0.3, -0.25) is 4.79 Å². The lowest BCUT2D eigenvalue weighted by molar-refractivity contribution is 0.599. The van der Waals surface area contributed by atoms with Gasteiger partial charge in [-0.2, -0.15) is 5.10 Å². The lowest BCUT2D eigenvalue weighted by atomic mass is 10.1. The van der Waals surface area contributed by atoms with Crippen LogP contribution in [0.2, 0.25) is 0 Å². The van der Waals surface area contributed by atoms with Crippen LogP contribution in [-0.4, -0.2) is 15.7 Å². The van der Waals surface area contributed by atoms with E-state index in [4.69, 9.17) is 5.73 Å². The predicted molar refractivity (Wildman–Crippen MR) is 57.0 cm³/mol. The Labute approximate surface area is 90.0 Å². The number of halogens is 1. The van der Waals surface area contributed by atoms with Crippen LogP contribution in [0, 0.1) is 0 Å². The van der Waals surface area contributed by atoms with Crippen LogP contribution in [0.5, 0.6) is 0 Å². The number of hydrogen-bond acceptors (Lipinski definition) is 3. The van der Waals surface area contributed by atoms with E-state index >= 15 is 0 Å². The lowest BCUT2D eigenvalue weighted by Crippen LogP contribution is -2.22. The SMILES string of the molecule is NC1(CCc2cc(Br)c(=O)[nH]n2)CC1. The van der Waals surface area contributed by atoms with Gasteiger partial charge >= 0.3 is 0 Å². The number of H-pyrrole nitrogens is 1. The van der Waals surface area contributed by atoms with E-state index in [9.17, 15) is 4.79 Å². The molecule has 1 saturated carbocycles. The minimum Gasteiger partial charge on any atom is -0.325 e. The van der Waals surface area contributed by atoms with E-state index in [-0.39, 0.29) is 11.1 Å². The van der Waals surface area contributed by atoms with Crippen LogP contribution in [0.4, 0.5) is 0 Å². The molecule has 0 aliphatic heterocycles. The first-order valence-electron chi connectivity index (χ1n) is 4.62. The van der Waals surface area contributed by atoms with Crippen LogP contribution >= 0.6 is 15.9 Å². The third-order valence-corrected chi connectivity index (χ3v) is 3.17. The molecular formula is C9H12BrN3O. The lowest BCUT2D eigenvalue weighted by Gasteiger charge is -2.06. The Hall–Kier alpha value is -0.680. The highest BCUT2D eigenvalue weighted by Gasteiger charge is 2.37. The molecule has 1 aromatic heterocycles. The monoisotopic (exact) mass is 257 g/mol. The molecule has 0 radical (unpaired) electrons. The topological polar surface area (TPSA) is 71.8 Å². The molecule has 5 heteroatoms. The standard InChI is InChI=1S/C9H12BrN3O/c10-7-5-6(12-13-8(7)14)1-2-9(11)3-4-9/h5H,1-4,11H2,(H,13,14). The fourth-order valence-electron chi connectivity index (χ4n) is 1.34. The fourth-order valence-corrected chi connectivity index (χ4v) is 1.69. The molecule has 0 bridgehead atoms. The van der Waals surface area contributed by atoms with E-state index in [2.05, 4.69) is 26.1 Å². The molecule has 4 nitrogen and oxygen atoms in total. The van der Waals surface area contributed by atoms with Crippen molar-refractivity contribution < 1.29 is 0 Å². The van der Waals surface area contributed by atoms with Gasteiger partial charge in [0.25, 0.3) is 5.56 Å². The zero-order valence-electron chi connectivity index (χ0n) is 7.72. The number of aromatic amines is 1. The summed E-state index contributed by atoms with van der Waals surface area (Å²) < 4.78 is 0.532. The van der Waals surface area contributed by atoms with E-state index in [0.717, 1.165) is 31.4 Å². The van der Waals surface area contributed by atoms with E-state index < -0.39 is 0 Å². The number of aromatic nitrogens is 2. The van der Waals surface area contributed by atoms with Crippen molar-refractivity contribution in [1.29, 1.82) is 0 Å². The number of hydrogen-bond donors (Lipinski definition) is 2. The van der Waals surface area contributed by atoms with Gasteiger partial charge < -0.3 is 5.73 Å². The second kappa shape index (κ2) is 3.47. The summed E-state index contributed by atoms with van der Waals surface area (Å²) >= 11 is 3.17. The van der Waals surface area contributed by atoms with E-state index in [1.54, 1.807) is 6.07 Å². The minimum atomic E-state index is -0.192. The summed E-state index contributed by atoms with van der Waals surface area (Å²) in [6, 6.07) is 1.75. The first-order valence-corrected chi connectivity index (χ1v) is 5.41. The molecule has 0 spiro atoms. The van der Waals surface area contributed by atoms with E-state index in [1.807, 2.05) is 0 Å². The van der Waals surface area contributed by atoms with Crippen molar-refractivity contribution in [3.8, 4) is 0 Å². The summed E-state index contributed by atoms with van der Waals surface area (Å²) in [5.41, 5.74) is 6.69. The molecule has 1 aliphatic rings. The highest BCUT2D eigenvalue weighted by Crippen LogP contribution is 2.36. The van der Waals surface area contributed by atoms with Gasteiger partial charge in [0.15, 0.2) is 0 Å². The average molecular weight is 258 g/mol. The molecule has 14 heavy (non-hydrogen) atoms. The Balaban J connectivity index is 2.02. The molecular weight excluding hydrogens is 246 g/mol. The van der Waals surface area contributed by atoms with Gasteiger partial charge in [0, 0.05) is 5.54 Å². The molecule has 0 unspecified atom stereocenters. The van der Waals surface area contributed by atoms with Crippen molar-refractivity contribution in [2.45, 2.75) is 31.2 Å². The third-order valence-electron chi connectivity index (χ3n) is 2.58. The van der Waals surface area contributed by atoms with Crippen LogP contribution < -0.4 is 11.3 Å². The summed E-state index contributed by atoms with van der Waals surface area (Å²) in [5.74, 6) is 0. The second-order valence-corrected chi connectivity index (χ2v) is 4.75. The highest BCUT2D eigenvalue weighted by molar-refractivity contribution is 9.10. The summed E-state index contributed by atoms with van der Waals surface area (Å²) in [7, 11) is 0. The largest absolute Gasteiger partial charge is 0.325 e. The van der Waals surface area contributed by atoms with Crippen molar-refractivity contribution in [2.75, 3.05) is 0 Å². The van der Waals surface area contributed by atoms with Crippen molar-refractivity contribution >= 4 is 15.9 Å². The Morgan fingerprint density at radius 1 is 1.64 bits per heavy atom. The maximum absolute atomic E-state index is 11.0. The molecule has 0 amide bonds.